The minimum atomic E-state index is -4.68. The highest BCUT2D eigenvalue weighted by Gasteiger charge is 2.31. The first-order chi connectivity index (χ1) is 13.1. The summed E-state index contributed by atoms with van der Waals surface area (Å²) < 4.78 is 51.8. The molecule has 0 atom stereocenters. The molecule has 0 saturated heterocycles. The van der Waals surface area contributed by atoms with Crippen LogP contribution in [0.3, 0.4) is 0 Å². The van der Waals surface area contributed by atoms with Gasteiger partial charge in [0.15, 0.2) is 0 Å². The number of nitrogens with one attached hydrogen (secondary N) is 2. The van der Waals surface area contributed by atoms with Crippen LogP contribution in [0.5, 0.6) is 0 Å². The second kappa shape index (κ2) is 7.57. The molecule has 3 rings (SSSR count). The molecule has 1 heterocycles. The summed E-state index contributed by atoms with van der Waals surface area (Å²) >= 11 is 0. The summed E-state index contributed by atoms with van der Waals surface area (Å²) in [6, 6.07) is 4.97. The third-order valence-corrected chi connectivity index (χ3v) is 4.15. The van der Waals surface area contributed by atoms with E-state index in [0.717, 1.165) is 25.0 Å². The Labute approximate surface area is 158 Å². The van der Waals surface area contributed by atoms with Gasteiger partial charge in [-0.05, 0) is 55.7 Å². The van der Waals surface area contributed by atoms with E-state index in [4.69, 9.17) is 0 Å². The number of carbonyl (C=O) groups is 2. The van der Waals surface area contributed by atoms with Crippen molar-refractivity contribution in [3.05, 3.63) is 58.5 Å². The fourth-order valence-electron chi connectivity index (χ4n) is 2.64. The van der Waals surface area contributed by atoms with Crippen molar-refractivity contribution in [2.24, 2.45) is 5.92 Å². The molecule has 5 nitrogen and oxygen atoms in total. The van der Waals surface area contributed by atoms with Crippen LogP contribution in [0.25, 0.3) is 0 Å². The summed E-state index contributed by atoms with van der Waals surface area (Å²) in [7, 11) is 0. The van der Waals surface area contributed by atoms with Crippen molar-refractivity contribution in [2.45, 2.75) is 32.5 Å². The van der Waals surface area contributed by atoms with Crippen LogP contribution >= 0.6 is 0 Å². The topological polar surface area (TPSA) is 71.1 Å². The zero-order chi connectivity index (χ0) is 20.5. The van der Waals surface area contributed by atoms with Crippen molar-refractivity contribution in [1.29, 1.82) is 0 Å². The number of rotatable bonds is 5. The molecule has 0 aliphatic heterocycles. The second-order valence-corrected chi connectivity index (χ2v) is 6.67. The van der Waals surface area contributed by atoms with Gasteiger partial charge in [-0.1, -0.05) is 0 Å². The first-order valence-electron chi connectivity index (χ1n) is 8.56. The van der Waals surface area contributed by atoms with Crippen molar-refractivity contribution >= 4 is 17.6 Å². The molecular weight excluding hydrogens is 378 g/mol. The summed E-state index contributed by atoms with van der Waals surface area (Å²) in [5.41, 5.74) is -0.467. The number of nitrogens with zero attached hydrogens (tertiary/aromatic N) is 1. The van der Waals surface area contributed by atoms with Gasteiger partial charge in [0, 0.05) is 23.7 Å². The molecule has 148 valence electrons. The largest absolute Gasteiger partial charge is 0.416 e. The summed E-state index contributed by atoms with van der Waals surface area (Å²) in [4.78, 5) is 28.3. The Hall–Kier alpha value is -2.97. The Balaban J connectivity index is 1.70. The molecule has 1 fully saturated rings. The van der Waals surface area contributed by atoms with E-state index < -0.39 is 23.5 Å². The fourth-order valence-corrected chi connectivity index (χ4v) is 2.64. The second-order valence-electron chi connectivity index (χ2n) is 6.67. The number of anilines is 1. The van der Waals surface area contributed by atoms with Gasteiger partial charge in [0.1, 0.15) is 11.6 Å². The predicted molar refractivity (Wildman–Crippen MR) is 92.9 cm³/mol. The standard InChI is InChI=1S/C19H17F4N3O2/c1-10-4-13(7-16(25-10)26-18(28)12-2-3-12)17(27)24-9-11-5-14(19(21,22)23)8-15(20)6-11/h4-8,12H,2-3,9H2,1H3,(H,24,27)(H,25,26,28). The van der Waals surface area contributed by atoms with Gasteiger partial charge in [0.25, 0.3) is 5.91 Å². The van der Waals surface area contributed by atoms with Gasteiger partial charge in [0.05, 0.1) is 5.56 Å². The number of benzene rings is 1. The SMILES string of the molecule is Cc1cc(C(=O)NCc2cc(F)cc(C(F)(F)F)c2)cc(NC(=O)C2CC2)n1. The van der Waals surface area contributed by atoms with Crippen LogP contribution in [0.1, 0.15) is 40.0 Å². The maximum absolute atomic E-state index is 13.4. The molecule has 2 amide bonds. The number of alkyl halides is 3. The highest BCUT2D eigenvalue weighted by molar-refractivity contribution is 5.97. The number of aryl methyl sites for hydroxylation is 1. The lowest BCUT2D eigenvalue weighted by molar-refractivity contribution is -0.137. The minimum Gasteiger partial charge on any atom is -0.348 e. The Bertz CT molecular complexity index is 924. The summed E-state index contributed by atoms with van der Waals surface area (Å²) in [6.45, 7) is 1.36. The molecule has 0 spiro atoms. The number of aromatic nitrogens is 1. The van der Waals surface area contributed by atoms with Gasteiger partial charge in [-0.15, -0.1) is 0 Å². The number of pyridine rings is 1. The Morgan fingerprint density at radius 3 is 2.50 bits per heavy atom. The average molecular weight is 395 g/mol. The average Bonchev–Trinajstić information content (AvgIpc) is 3.43. The van der Waals surface area contributed by atoms with E-state index in [-0.39, 0.29) is 35.3 Å². The highest BCUT2D eigenvalue weighted by atomic mass is 19.4. The molecule has 1 aliphatic carbocycles. The van der Waals surface area contributed by atoms with Gasteiger partial charge in [0.2, 0.25) is 5.91 Å². The molecule has 2 aromatic rings. The van der Waals surface area contributed by atoms with E-state index in [1.54, 1.807) is 6.92 Å². The zero-order valence-corrected chi connectivity index (χ0v) is 14.9. The third kappa shape index (κ3) is 5.05. The molecule has 0 radical (unpaired) electrons. The van der Waals surface area contributed by atoms with E-state index in [1.807, 2.05) is 0 Å². The smallest absolute Gasteiger partial charge is 0.348 e. The van der Waals surface area contributed by atoms with Crippen molar-refractivity contribution < 1.29 is 27.2 Å². The lowest BCUT2D eigenvalue weighted by Crippen LogP contribution is -2.24. The molecular formula is C19H17F4N3O2. The van der Waals surface area contributed by atoms with Crippen LogP contribution in [-0.2, 0) is 17.5 Å². The van der Waals surface area contributed by atoms with Crippen molar-refractivity contribution in [2.75, 3.05) is 5.32 Å². The Morgan fingerprint density at radius 1 is 1.14 bits per heavy atom. The maximum atomic E-state index is 13.4. The quantitative estimate of drug-likeness (QED) is 0.756. The van der Waals surface area contributed by atoms with Gasteiger partial charge in [-0.3, -0.25) is 9.59 Å². The molecule has 0 bridgehead atoms. The maximum Gasteiger partial charge on any atom is 0.416 e. The number of halogens is 4. The van der Waals surface area contributed by atoms with Crippen LogP contribution < -0.4 is 10.6 Å². The molecule has 1 saturated carbocycles. The first-order valence-corrected chi connectivity index (χ1v) is 8.56. The molecule has 9 heteroatoms. The lowest BCUT2D eigenvalue weighted by atomic mass is 10.1. The molecule has 28 heavy (non-hydrogen) atoms. The molecule has 2 N–H and O–H groups in total. The van der Waals surface area contributed by atoms with E-state index in [0.29, 0.717) is 11.8 Å². The number of carbonyl (C=O) groups excluding carboxylic acids is 2. The van der Waals surface area contributed by atoms with Gasteiger partial charge in [-0.2, -0.15) is 13.2 Å². The van der Waals surface area contributed by atoms with E-state index in [2.05, 4.69) is 15.6 Å². The summed E-state index contributed by atoms with van der Waals surface area (Å²) in [5.74, 6) is -1.58. The van der Waals surface area contributed by atoms with Gasteiger partial charge < -0.3 is 10.6 Å². The van der Waals surface area contributed by atoms with Crippen LogP contribution in [0.15, 0.2) is 30.3 Å². The van der Waals surface area contributed by atoms with E-state index in [9.17, 15) is 27.2 Å². The summed E-state index contributed by atoms with van der Waals surface area (Å²) in [6.07, 6.45) is -3.05. The number of hydrogen-bond acceptors (Lipinski definition) is 3. The monoisotopic (exact) mass is 395 g/mol. The molecule has 0 unspecified atom stereocenters. The molecule has 1 aromatic carbocycles. The third-order valence-electron chi connectivity index (χ3n) is 4.15. The van der Waals surface area contributed by atoms with Crippen molar-refractivity contribution in [3.63, 3.8) is 0 Å². The van der Waals surface area contributed by atoms with Crippen LogP contribution in [0.2, 0.25) is 0 Å². The normalized spacial score (nSPS) is 13.9. The number of hydrogen-bond donors (Lipinski definition) is 2. The fraction of sp³-hybridized carbons (Fsp3) is 0.316. The van der Waals surface area contributed by atoms with Crippen molar-refractivity contribution in [3.8, 4) is 0 Å². The molecule has 1 aromatic heterocycles. The van der Waals surface area contributed by atoms with Crippen molar-refractivity contribution in [1.82, 2.24) is 10.3 Å². The van der Waals surface area contributed by atoms with Gasteiger partial charge in [-0.25, -0.2) is 9.37 Å². The number of amides is 2. The zero-order valence-electron chi connectivity index (χ0n) is 14.9. The Morgan fingerprint density at radius 2 is 1.86 bits per heavy atom. The highest BCUT2D eigenvalue weighted by Crippen LogP contribution is 2.31. The minimum absolute atomic E-state index is 0.0197. The Kier molecular flexibility index (Phi) is 5.35. The van der Waals surface area contributed by atoms with Gasteiger partial charge >= 0.3 is 6.18 Å². The van der Waals surface area contributed by atoms with Crippen LogP contribution in [0, 0.1) is 18.7 Å². The van der Waals surface area contributed by atoms with E-state index in [1.165, 1.54) is 12.1 Å². The predicted octanol–water partition coefficient (Wildman–Crippen LogP) is 3.83. The lowest BCUT2D eigenvalue weighted by Gasteiger charge is -2.11. The van der Waals surface area contributed by atoms with E-state index >= 15 is 0 Å². The van der Waals surface area contributed by atoms with Crippen LogP contribution in [-0.4, -0.2) is 16.8 Å². The summed E-state index contributed by atoms with van der Waals surface area (Å²) in [5, 5.41) is 5.09. The first kappa shape index (κ1) is 19.8. The molecule has 1 aliphatic rings. The van der Waals surface area contributed by atoms with Crippen LogP contribution in [0.4, 0.5) is 23.4 Å².